The second kappa shape index (κ2) is 3.79. The van der Waals surface area contributed by atoms with Crippen LogP contribution in [0, 0.1) is 0 Å². The molecule has 0 saturated carbocycles. The van der Waals surface area contributed by atoms with Gasteiger partial charge in [-0.05, 0) is 10.8 Å². The first-order chi connectivity index (χ1) is 6.07. The van der Waals surface area contributed by atoms with Crippen LogP contribution < -0.4 is 0 Å². The van der Waals surface area contributed by atoms with Gasteiger partial charge < -0.3 is 5.11 Å². The first-order valence-electron chi connectivity index (χ1n) is 3.95. The predicted octanol–water partition coefficient (Wildman–Crippen LogP) is 1.85. The van der Waals surface area contributed by atoms with E-state index in [0.717, 1.165) is 0 Å². The zero-order valence-corrected chi connectivity index (χ0v) is 8.21. The Kier molecular flexibility index (Phi) is 2.93. The third-order valence-electron chi connectivity index (χ3n) is 1.94. The molecule has 0 aromatic rings. The Morgan fingerprint density at radius 3 is 2.23 bits per heavy atom. The van der Waals surface area contributed by atoms with E-state index in [1.165, 1.54) is 6.92 Å². The van der Waals surface area contributed by atoms with Crippen LogP contribution in [0.4, 0.5) is 0 Å². The molecule has 0 bridgehead atoms. The standard InChI is InChI=1S/C9H12O3S/c1-8(10)13(5-2-3-6-13)7-4-9(11)12/h2-3,5-6H,4,7H2,1H3,(H,11,12). The molecule has 1 aliphatic heterocycles. The fraction of sp³-hybridized carbons (Fsp3) is 0.333. The maximum absolute atomic E-state index is 11.3. The van der Waals surface area contributed by atoms with Crippen molar-refractivity contribution in [1.82, 2.24) is 0 Å². The Hall–Kier alpha value is -1.03. The summed E-state index contributed by atoms with van der Waals surface area (Å²) in [5.74, 6) is -0.410. The molecule has 0 aromatic heterocycles. The van der Waals surface area contributed by atoms with E-state index in [-0.39, 0.29) is 11.5 Å². The zero-order chi connectivity index (χ0) is 9.90. The van der Waals surface area contributed by atoms with Gasteiger partial charge in [0, 0.05) is 12.7 Å². The van der Waals surface area contributed by atoms with Gasteiger partial charge in [0.15, 0.2) is 5.12 Å². The lowest BCUT2D eigenvalue weighted by molar-refractivity contribution is -0.136. The normalized spacial score (nSPS) is 20.1. The van der Waals surface area contributed by atoms with Gasteiger partial charge in [0.1, 0.15) is 0 Å². The lowest BCUT2D eigenvalue weighted by Crippen LogP contribution is -2.10. The highest BCUT2D eigenvalue weighted by molar-refractivity contribution is 8.49. The molecule has 0 aromatic carbocycles. The number of hydrogen-bond donors (Lipinski definition) is 1. The molecule has 1 aliphatic rings. The molecular formula is C9H12O3S. The van der Waals surface area contributed by atoms with Crippen molar-refractivity contribution in [3.63, 3.8) is 0 Å². The molecule has 1 N–H and O–H groups in total. The predicted molar refractivity (Wildman–Crippen MR) is 53.7 cm³/mol. The van der Waals surface area contributed by atoms with E-state index in [9.17, 15) is 9.59 Å². The minimum Gasteiger partial charge on any atom is -0.481 e. The van der Waals surface area contributed by atoms with Gasteiger partial charge in [0.25, 0.3) is 0 Å². The highest BCUT2D eigenvalue weighted by Crippen LogP contribution is 2.54. The fourth-order valence-corrected chi connectivity index (χ4v) is 3.43. The lowest BCUT2D eigenvalue weighted by Gasteiger charge is -2.27. The summed E-state index contributed by atoms with van der Waals surface area (Å²) in [7, 11) is -1.55. The molecule has 0 fully saturated rings. The first kappa shape index (κ1) is 10.1. The Labute approximate surface area is 78.5 Å². The third kappa shape index (κ3) is 2.21. The summed E-state index contributed by atoms with van der Waals surface area (Å²) < 4.78 is 0. The molecule has 1 heterocycles. The number of carbonyl (C=O) groups excluding carboxylic acids is 1. The number of carboxylic acid groups (broad SMARTS) is 1. The summed E-state index contributed by atoms with van der Waals surface area (Å²) in [5, 5.41) is 12.3. The molecule has 4 heteroatoms. The van der Waals surface area contributed by atoms with Crippen LogP contribution in [0.1, 0.15) is 13.3 Å². The van der Waals surface area contributed by atoms with E-state index in [1.54, 1.807) is 0 Å². The Morgan fingerprint density at radius 2 is 1.85 bits per heavy atom. The van der Waals surface area contributed by atoms with Gasteiger partial charge in [-0.25, -0.2) is 0 Å². The molecule has 0 radical (unpaired) electrons. The highest BCUT2D eigenvalue weighted by Gasteiger charge is 2.25. The molecule has 0 aliphatic carbocycles. The molecule has 72 valence electrons. The Morgan fingerprint density at radius 1 is 1.31 bits per heavy atom. The Balaban J connectivity index is 2.70. The topological polar surface area (TPSA) is 54.4 Å². The van der Waals surface area contributed by atoms with Crippen molar-refractivity contribution < 1.29 is 14.7 Å². The van der Waals surface area contributed by atoms with Crippen molar-refractivity contribution in [2.24, 2.45) is 0 Å². The second-order valence-corrected chi connectivity index (χ2v) is 6.07. The van der Waals surface area contributed by atoms with Gasteiger partial charge in [-0.1, -0.05) is 12.2 Å². The van der Waals surface area contributed by atoms with E-state index in [1.807, 2.05) is 23.0 Å². The van der Waals surface area contributed by atoms with E-state index in [2.05, 4.69) is 0 Å². The summed E-state index contributed by atoms with van der Waals surface area (Å²) in [5.41, 5.74) is 0. The smallest absolute Gasteiger partial charge is 0.304 e. The summed E-state index contributed by atoms with van der Waals surface area (Å²) in [4.78, 5) is 21.7. The number of rotatable bonds is 3. The molecule has 0 amide bonds. The maximum Gasteiger partial charge on any atom is 0.304 e. The summed E-state index contributed by atoms with van der Waals surface area (Å²) in [6, 6.07) is 0. The number of aliphatic carboxylic acids is 1. The van der Waals surface area contributed by atoms with Gasteiger partial charge in [-0.15, -0.1) is 10.0 Å². The SMILES string of the molecule is CC(=O)S1(CCC(=O)O)C=CC=C1. The van der Waals surface area contributed by atoms with E-state index in [4.69, 9.17) is 5.11 Å². The molecule has 13 heavy (non-hydrogen) atoms. The molecule has 0 saturated heterocycles. The number of carboxylic acids is 1. The highest BCUT2D eigenvalue weighted by atomic mass is 32.3. The van der Waals surface area contributed by atoms with Crippen molar-refractivity contribution in [1.29, 1.82) is 0 Å². The molecular weight excluding hydrogens is 188 g/mol. The van der Waals surface area contributed by atoms with Crippen molar-refractivity contribution >= 4 is 21.1 Å². The molecule has 0 unspecified atom stereocenters. The average Bonchev–Trinajstić information content (AvgIpc) is 2.50. The van der Waals surface area contributed by atoms with Crippen LogP contribution in [-0.2, 0) is 9.59 Å². The van der Waals surface area contributed by atoms with Crippen LogP contribution in [-0.4, -0.2) is 21.9 Å². The minimum atomic E-state index is -1.55. The van der Waals surface area contributed by atoms with Crippen LogP contribution in [0.3, 0.4) is 0 Å². The second-order valence-electron chi connectivity index (χ2n) is 2.85. The van der Waals surface area contributed by atoms with Crippen molar-refractivity contribution in [3.8, 4) is 0 Å². The molecule has 3 nitrogen and oxygen atoms in total. The first-order valence-corrected chi connectivity index (χ1v) is 5.88. The molecule has 0 spiro atoms. The maximum atomic E-state index is 11.3. The minimum absolute atomic E-state index is 0.0591. The number of allylic oxidation sites excluding steroid dienone is 2. The van der Waals surface area contributed by atoms with Gasteiger partial charge in [-0.3, -0.25) is 9.59 Å². The van der Waals surface area contributed by atoms with Crippen molar-refractivity contribution in [3.05, 3.63) is 23.0 Å². The summed E-state index contributed by atoms with van der Waals surface area (Å²) >= 11 is 0. The van der Waals surface area contributed by atoms with E-state index < -0.39 is 16.0 Å². The quantitative estimate of drug-likeness (QED) is 0.756. The lowest BCUT2D eigenvalue weighted by atomic mass is 10.5. The van der Waals surface area contributed by atoms with Crippen LogP contribution in [0.15, 0.2) is 23.0 Å². The van der Waals surface area contributed by atoms with Crippen LogP contribution in [0.5, 0.6) is 0 Å². The van der Waals surface area contributed by atoms with Crippen molar-refractivity contribution in [2.45, 2.75) is 13.3 Å². The third-order valence-corrected chi connectivity index (χ3v) is 5.18. The average molecular weight is 200 g/mol. The van der Waals surface area contributed by atoms with Gasteiger partial charge in [0.05, 0.1) is 6.42 Å². The van der Waals surface area contributed by atoms with Crippen LogP contribution >= 0.6 is 10.0 Å². The van der Waals surface area contributed by atoms with E-state index >= 15 is 0 Å². The molecule has 0 atom stereocenters. The Bertz CT molecular complexity index is 279. The van der Waals surface area contributed by atoms with Gasteiger partial charge >= 0.3 is 5.97 Å². The van der Waals surface area contributed by atoms with Crippen LogP contribution in [0.25, 0.3) is 0 Å². The fourth-order valence-electron chi connectivity index (χ4n) is 1.14. The van der Waals surface area contributed by atoms with E-state index in [0.29, 0.717) is 5.75 Å². The van der Waals surface area contributed by atoms with Gasteiger partial charge in [-0.2, -0.15) is 0 Å². The number of carbonyl (C=O) groups is 2. The zero-order valence-electron chi connectivity index (χ0n) is 7.40. The van der Waals surface area contributed by atoms with Crippen molar-refractivity contribution in [2.75, 3.05) is 5.75 Å². The molecule has 1 rings (SSSR count). The monoisotopic (exact) mass is 200 g/mol. The van der Waals surface area contributed by atoms with Gasteiger partial charge in [0.2, 0.25) is 0 Å². The van der Waals surface area contributed by atoms with Crippen LogP contribution in [0.2, 0.25) is 0 Å². The largest absolute Gasteiger partial charge is 0.481 e. The summed E-state index contributed by atoms with van der Waals surface area (Å²) in [6.07, 6.45) is 3.70. The summed E-state index contributed by atoms with van der Waals surface area (Å²) in [6.45, 7) is 1.52. The number of hydrogen-bond acceptors (Lipinski definition) is 2.